The number of allylic oxidation sites excluding steroid dienone is 3. The summed E-state index contributed by atoms with van der Waals surface area (Å²) >= 11 is 1.50. The summed E-state index contributed by atoms with van der Waals surface area (Å²) in [6, 6.07) is 15.9. The summed E-state index contributed by atoms with van der Waals surface area (Å²) in [5.41, 5.74) is 6.12. The standard InChI is InChI=1S/C49H64N4O7S/c1-6-40(7-2)53(31-30-52(4)43(54)18-11-12-19-44(55)60-8-3)33-36-14-13-15-38(32-36)46(56)51-48-45(41-16-9-10-17-42(41)61-48)47(57)50-39-28-24-35(25-29-39)21-20-34-22-26-37(27-23-34)49(58)59-5/h13-15,22-26,28-29,32,37,40H,6-12,16-21,27,30-31,33H2,1-5H3,(H,50,57)(H,51,56). The van der Waals surface area contributed by atoms with Crippen LogP contribution in [0.2, 0.25) is 0 Å². The zero-order valence-electron chi connectivity index (χ0n) is 36.7. The number of rotatable bonds is 22. The lowest BCUT2D eigenvalue weighted by Gasteiger charge is -2.32. The van der Waals surface area contributed by atoms with Gasteiger partial charge in [0.25, 0.3) is 11.8 Å². The number of esters is 2. The van der Waals surface area contributed by atoms with E-state index in [1.165, 1.54) is 24.0 Å². The normalized spacial score (nSPS) is 14.6. The molecule has 0 fully saturated rings. The smallest absolute Gasteiger partial charge is 0.312 e. The lowest BCUT2D eigenvalue weighted by molar-refractivity contribution is -0.144. The molecule has 0 bridgehead atoms. The predicted octanol–water partition coefficient (Wildman–Crippen LogP) is 9.31. The summed E-state index contributed by atoms with van der Waals surface area (Å²) < 4.78 is 9.85. The maximum Gasteiger partial charge on any atom is 0.312 e. The minimum atomic E-state index is -0.259. The van der Waals surface area contributed by atoms with Gasteiger partial charge in [-0.2, -0.15) is 0 Å². The van der Waals surface area contributed by atoms with E-state index in [0.29, 0.717) is 86.2 Å². The van der Waals surface area contributed by atoms with Gasteiger partial charge in [0.1, 0.15) is 5.00 Å². The van der Waals surface area contributed by atoms with Gasteiger partial charge in [-0.25, -0.2) is 0 Å². The fourth-order valence-electron chi connectivity index (χ4n) is 8.10. The van der Waals surface area contributed by atoms with E-state index in [1.54, 1.807) is 11.8 Å². The molecule has 12 heteroatoms. The summed E-state index contributed by atoms with van der Waals surface area (Å²) in [6.45, 7) is 8.38. The fourth-order valence-corrected chi connectivity index (χ4v) is 9.38. The molecule has 328 valence electrons. The van der Waals surface area contributed by atoms with Crippen molar-refractivity contribution >= 4 is 51.7 Å². The van der Waals surface area contributed by atoms with Gasteiger partial charge in [0.2, 0.25) is 5.91 Å². The number of likely N-dealkylation sites (N-methyl/N-ethyl adjacent to an activating group) is 1. The molecule has 1 aromatic heterocycles. The van der Waals surface area contributed by atoms with Crippen LogP contribution in [0.4, 0.5) is 10.7 Å². The van der Waals surface area contributed by atoms with Gasteiger partial charge in [-0.05, 0) is 119 Å². The van der Waals surface area contributed by atoms with Crippen molar-refractivity contribution in [2.45, 2.75) is 117 Å². The Balaban J connectivity index is 1.20. The largest absolute Gasteiger partial charge is 0.469 e. The van der Waals surface area contributed by atoms with E-state index in [2.05, 4.69) is 35.5 Å². The average molecular weight is 853 g/mol. The second-order valence-electron chi connectivity index (χ2n) is 16.0. The zero-order chi connectivity index (χ0) is 43.7. The number of carbonyl (C=O) groups is 5. The number of benzene rings is 2. The number of thiophene rings is 1. The Bertz CT molecular complexity index is 2030. The summed E-state index contributed by atoms with van der Waals surface area (Å²) in [7, 11) is 3.24. The van der Waals surface area contributed by atoms with Crippen LogP contribution in [0, 0.1) is 5.92 Å². The van der Waals surface area contributed by atoms with Crippen molar-refractivity contribution in [1.82, 2.24) is 9.80 Å². The van der Waals surface area contributed by atoms with Gasteiger partial charge in [0.15, 0.2) is 0 Å². The number of hydrogen-bond donors (Lipinski definition) is 2. The van der Waals surface area contributed by atoms with Crippen LogP contribution in [-0.2, 0) is 49.7 Å². The first-order valence-corrected chi connectivity index (χ1v) is 22.9. The lowest BCUT2D eigenvalue weighted by atomic mass is 9.93. The SMILES string of the molecule is CCOC(=O)CCCCC(=O)N(C)CCN(Cc1cccc(C(=O)Nc2sc3c(c2C(=O)Nc2ccc(CCC4=CCC(C(=O)OC)C=C4)cc2)CCCC3)c1)C(CC)CC. The van der Waals surface area contributed by atoms with E-state index in [9.17, 15) is 24.0 Å². The van der Waals surface area contributed by atoms with Crippen LogP contribution >= 0.6 is 11.3 Å². The van der Waals surface area contributed by atoms with Crippen molar-refractivity contribution in [3.8, 4) is 0 Å². The van der Waals surface area contributed by atoms with Gasteiger partial charge >= 0.3 is 11.9 Å². The molecule has 1 atom stereocenters. The molecule has 0 radical (unpaired) electrons. The van der Waals surface area contributed by atoms with Gasteiger partial charge in [-0.15, -0.1) is 11.3 Å². The number of anilines is 2. The number of nitrogens with one attached hydrogen (secondary N) is 2. The summed E-state index contributed by atoms with van der Waals surface area (Å²) in [5, 5.41) is 6.81. The van der Waals surface area contributed by atoms with Crippen molar-refractivity contribution < 1.29 is 33.4 Å². The maximum atomic E-state index is 14.0. The Hall–Kier alpha value is -5.07. The number of ether oxygens (including phenoxy) is 2. The van der Waals surface area contributed by atoms with Crippen molar-refractivity contribution in [3.63, 3.8) is 0 Å². The Morgan fingerprint density at radius 1 is 0.869 bits per heavy atom. The first-order chi connectivity index (χ1) is 29.5. The lowest BCUT2D eigenvalue weighted by Crippen LogP contribution is -2.41. The number of fused-ring (bicyclic) bond motifs is 1. The molecule has 2 aliphatic rings. The van der Waals surface area contributed by atoms with Crippen LogP contribution < -0.4 is 10.6 Å². The quantitative estimate of drug-likeness (QED) is 0.0755. The summed E-state index contributed by atoms with van der Waals surface area (Å²) in [4.78, 5) is 69.6. The first kappa shape index (κ1) is 47.0. The molecule has 1 unspecified atom stereocenters. The number of hydrogen-bond acceptors (Lipinski definition) is 9. The molecule has 61 heavy (non-hydrogen) atoms. The highest BCUT2D eigenvalue weighted by Crippen LogP contribution is 2.39. The molecule has 2 aliphatic carbocycles. The van der Waals surface area contributed by atoms with Crippen molar-refractivity contribution in [3.05, 3.63) is 105 Å². The van der Waals surface area contributed by atoms with E-state index in [1.807, 2.05) is 67.7 Å². The third-order valence-electron chi connectivity index (χ3n) is 11.7. The maximum absolute atomic E-state index is 14.0. The number of aryl methyl sites for hydroxylation is 2. The molecular formula is C49H64N4O7S. The van der Waals surface area contributed by atoms with E-state index in [4.69, 9.17) is 9.47 Å². The number of methoxy groups -OCH3 is 1. The highest BCUT2D eigenvalue weighted by atomic mass is 32.1. The van der Waals surface area contributed by atoms with Crippen LogP contribution in [0.25, 0.3) is 0 Å². The van der Waals surface area contributed by atoms with Crippen molar-refractivity contribution in [2.75, 3.05) is 44.5 Å². The minimum absolute atomic E-state index is 0.0591. The fraction of sp³-hybridized carbons (Fsp3) is 0.490. The molecule has 3 aromatic rings. The van der Waals surface area contributed by atoms with Gasteiger partial charge in [0.05, 0.1) is 25.2 Å². The van der Waals surface area contributed by atoms with Crippen molar-refractivity contribution in [1.29, 1.82) is 0 Å². The van der Waals surface area contributed by atoms with E-state index in [-0.39, 0.29) is 35.6 Å². The van der Waals surface area contributed by atoms with E-state index >= 15 is 0 Å². The molecule has 1 heterocycles. The van der Waals surface area contributed by atoms with Crippen LogP contribution in [0.1, 0.15) is 127 Å². The molecular weight excluding hydrogens is 789 g/mol. The number of carbonyl (C=O) groups excluding carboxylic acids is 5. The van der Waals surface area contributed by atoms with Crippen LogP contribution in [0.3, 0.4) is 0 Å². The molecule has 5 rings (SSSR count). The molecule has 11 nitrogen and oxygen atoms in total. The molecule has 0 spiro atoms. The molecule has 2 aromatic carbocycles. The monoisotopic (exact) mass is 852 g/mol. The van der Waals surface area contributed by atoms with Crippen molar-refractivity contribution in [2.24, 2.45) is 5.92 Å². The summed E-state index contributed by atoms with van der Waals surface area (Å²) in [6.07, 6.45) is 16.0. The molecule has 0 aliphatic heterocycles. The molecule has 3 amide bonds. The van der Waals surface area contributed by atoms with Gasteiger partial charge < -0.3 is 25.0 Å². The van der Waals surface area contributed by atoms with Gasteiger partial charge in [0, 0.05) is 61.7 Å². The highest BCUT2D eigenvalue weighted by Gasteiger charge is 2.27. The summed E-state index contributed by atoms with van der Waals surface area (Å²) in [5.74, 6) is -1.08. The zero-order valence-corrected chi connectivity index (χ0v) is 37.5. The number of amides is 3. The van der Waals surface area contributed by atoms with Gasteiger partial charge in [-0.3, -0.25) is 28.9 Å². The Kier molecular flexibility index (Phi) is 18.3. The first-order valence-electron chi connectivity index (χ1n) is 22.1. The minimum Gasteiger partial charge on any atom is -0.469 e. The van der Waals surface area contributed by atoms with Gasteiger partial charge in [-0.1, -0.05) is 61.9 Å². The third kappa shape index (κ3) is 13.7. The Morgan fingerprint density at radius 3 is 2.33 bits per heavy atom. The molecule has 2 N–H and O–H groups in total. The number of unbranched alkanes of at least 4 members (excludes halogenated alkanes) is 1. The molecule has 0 saturated carbocycles. The van der Waals surface area contributed by atoms with E-state index < -0.39 is 0 Å². The van der Waals surface area contributed by atoms with E-state index in [0.717, 1.165) is 72.9 Å². The average Bonchev–Trinajstić information content (AvgIpc) is 3.64. The predicted molar refractivity (Wildman–Crippen MR) is 243 cm³/mol. The topological polar surface area (TPSA) is 134 Å². The third-order valence-corrected chi connectivity index (χ3v) is 12.9. The van der Waals surface area contributed by atoms with Crippen LogP contribution in [0.15, 0.2) is 72.3 Å². The second kappa shape index (κ2) is 23.8. The van der Waals surface area contributed by atoms with Crippen LogP contribution in [0.5, 0.6) is 0 Å². The van der Waals surface area contributed by atoms with Crippen LogP contribution in [-0.4, -0.2) is 79.4 Å². The second-order valence-corrected chi connectivity index (χ2v) is 17.1. The Labute approximate surface area is 365 Å². The Morgan fingerprint density at radius 2 is 1.62 bits per heavy atom. The highest BCUT2D eigenvalue weighted by molar-refractivity contribution is 7.17. The molecule has 0 saturated heterocycles. The number of nitrogens with zero attached hydrogens (tertiary/aromatic N) is 2.